The van der Waals surface area contributed by atoms with Gasteiger partial charge in [-0.25, -0.2) is 4.98 Å². The molecule has 0 radical (unpaired) electrons. The Morgan fingerprint density at radius 2 is 0.765 bits per heavy atom. The van der Waals surface area contributed by atoms with Crippen LogP contribution in [0.5, 0.6) is 0 Å². The van der Waals surface area contributed by atoms with Crippen LogP contribution in [0.3, 0.4) is 0 Å². The quantitative estimate of drug-likeness (QED) is 0.121. The molecule has 0 fully saturated rings. The van der Waals surface area contributed by atoms with E-state index < -0.39 is 19.8 Å². The van der Waals surface area contributed by atoms with Crippen molar-refractivity contribution in [1.29, 1.82) is 0 Å². The smallest absolute Gasteiger partial charge is 0.124 e. The number of aliphatic imine (C=N–C) groups is 1. The fraction of sp³-hybridized carbons (Fsp3) is 0. The Kier molecular flexibility index (Phi) is 11.8. The van der Waals surface area contributed by atoms with Crippen molar-refractivity contribution in [2.75, 3.05) is 4.90 Å². The number of para-hydroxylation sites is 3. The molecule has 0 aliphatic carbocycles. The molecule has 68 heavy (non-hydrogen) atoms. The van der Waals surface area contributed by atoms with Crippen LogP contribution in [0.15, 0.2) is 260 Å². The van der Waals surface area contributed by atoms with Crippen LogP contribution in [0.2, 0.25) is 0 Å². The summed E-state index contributed by atoms with van der Waals surface area (Å²) in [6, 6.07) is 92.9. The summed E-state index contributed by atoms with van der Waals surface area (Å²) < 4.78 is 8.19. The molecule has 10 aromatic carbocycles. The van der Waals surface area contributed by atoms with Crippen molar-refractivity contribution in [3.8, 4) is 44.0 Å². The summed E-state index contributed by atoms with van der Waals surface area (Å²) >= 11 is -0.450. The molecule has 0 saturated heterocycles. The van der Waals surface area contributed by atoms with E-state index in [1.807, 2.05) is 6.07 Å². The van der Waals surface area contributed by atoms with Gasteiger partial charge in [-0.1, -0.05) is 42.5 Å². The summed E-state index contributed by atoms with van der Waals surface area (Å²) in [6.45, 7) is 0. The number of halogens is 2. The molecule has 6 heteroatoms. The topological polar surface area (TPSA) is 28.5 Å². The maximum absolute atomic E-state index is 5.00. The van der Waals surface area contributed by atoms with Crippen LogP contribution in [-0.4, -0.2) is 8.70 Å². The van der Waals surface area contributed by atoms with Crippen molar-refractivity contribution in [2.24, 2.45) is 4.99 Å². The Bertz CT molecular complexity index is 3500. The first-order valence-electron chi connectivity index (χ1n) is 22.6. The molecule has 0 unspecified atom stereocenters. The minimum absolute atomic E-state index is 0.251. The molecule has 1 aliphatic heterocycles. The van der Waals surface area contributed by atoms with E-state index in [0.717, 1.165) is 38.8 Å². The fourth-order valence-electron chi connectivity index (χ4n) is 8.65. The maximum atomic E-state index is 5.00. The molecule has 0 saturated carbocycles. The average molecular weight is 1110 g/mol. The zero-order valence-corrected chi connectivity index (χ0v) is 41.9. The average Bonchev–Trinajstić information content (AvgIpc) is 4.06. The van der Waals surface area contributed by atoms with Crippen molar-refractivity contribution < 1.29 is 21.2 Å². The molecule has 1 aliphatic rings. The molecule has 12 rings (SSSR count). The monoisotopic (exact) mass is 1110 g/mol. The van der Waals surface area contributed by atoms with E-state index >= 15 is 0 Å². The third-order valence-corrected chi connectivity index (χ3v) is 22.0. The van der Waals surface area contributed by atoms with E-state index in [1.54, 1.807) is 11.3 Å². The number of fused-ring (bicyclic) bond motifs is 2. The molecule has 0 spiro atoms. The predicted molar refractivity (Wildman–Crippen MR) is 290 cm³/mol. The zero-order chi connectivity index (χ0) is 45.2. The van der Waals surface area contributed by atoms with Gasteiger partial charge >= 0.3 is 255 Å². The van der Waals surface area contributed by atoms with Gasteiger partial charge in [-0.3, -0.25) is 0 Å². The summed E-state index contributed by atoms with van der Waals surface area (Å²) in [6.07, 6.45) is 0. The largest absolute Gasteiger partial charge is 0.236 e. The summed E-state index contributed by atoms with van der Waals surface area (Å²) in [5.41, 5.74) is 15.1. The number of hydrogen-bond acceptors (Lipinski definition) is 4. The molecule has 1 aromatic heterocycles. The van der Waals surface area contributed by atoms with Gasteiger partial charge in [-0.2, -0.15) is 0 Å². The van der Waals surface area contributed by atoms with E-state index in [-0.39, 0.29) is 21.2 Å². The molecule has 0 bridgehead atoms. The molecule has 326 valence electrons. The number of rotatable bonds is 11. The number of anilines is 3. The second-order valence-corrected chi connectivity index (χ2v) is 25.6. The Morgan fingerprint density at radius 3 is 1.31 bits per heavy atom. The van der Waals surface area contributed by atoms with Gasteiger partial charge in [0, 0.05) is 22.6 Å². The van der Waals surface area contributed by atoms with Crippen molar-refractivity contribution in [3.05, 3.63) is 275 Å². The van der Waals surface area contributed by atoms with Gasteiger partial charge in [0.2, 0.25) is 0 Å². The van der Waals surface area contributed by atoms with Gasteiger partial charge in [0.15, 0.2) is 0 Å². The van der Waals surface area contributed by atoms with Crippen LogP contribution in [0, 0.1) is 14.3 Å². The van der Waals surface area contributed by atoms with Gasteiger partial charge < -0.3 is 4.90 Å². The van der Waals surface area contributed by atoms with Gasteiger partial charge in [-0.15, -0.1) is 11.3 Å². The van der Waals surface area contributed by atoms with Crippen LogP contribution < -0.4 is 26.1 Å². The standard InChI is InChI=1S/C62H42I2N3S/c1-3-11-51(12-4-1)64(53-37-29-49(30-38-53)61-63-57-15-7-8-16-58(57)65-61)52-35-27-47(28-36-52)45-23-19-43(20-24-45)44-21-25-46(26-22-44)48-31-39-55(40-32-48)67(54-13-5-2-6-14-54)56-41-33-50(34-42-56)62-66-59-17-9-10-18-60(59)68-62/h1-42H/q-1. The van der Waals surface area contributed by atoms with Crippen molar-refractivity contribution in [2.45, 2.75) is 0 Å². The van der Waals surface area contributed by atoms with Gasteiger partial charge in [0.1, 0.15) is 5.01 Å². The molecule has 0 atom stereocenters. The molecular weight excluding hydrogens is 1070 g/mol. The normalized spacial score (nSPS) is 12.2. The third kappa shape index (κ3) is 8.71. The first-order chi connectivity index (χ1) is 33.7. The SMILES string of the molecule is c1ccc(N(c2ccc(-c3ccc(-c4ccc(-c5ccc(I(c6ccccc6)c6ccc(C7=Nc8ccccc8[I-]7)cc6)cc5)cc4)cc3)cc2)c2ccc(-c3nc4ccccc4s3)cc2)cc1. The van der Waals surface area contributed by atoms with Crippen LogP contribution in [0.1, 0.15) is 5.56 Å². The van der Waals surface area contributed by atoms with E-state index in [2.05, 4.69) is 254 Å². The molecule has 0 N–H and O–H groups in total. The molecule has 3 nitrogen and oxygen atoms in total. The van der Waals surface area contributed by atoms with E-state index in [0.29, 0.717) is 0 Å². The van der Waals surface area contributed by atoms with E-state index in [4.69, 9.17) is 9.98 Å². The number of aromatic nitrogens is 1. The van der Waals surface area contributed by atoms with Gasteiger partial charge in [-0.05, 0) is 66.2 Å². The Balaban J connectivity index is 0.740. The molecule has 0 amide bonds. The third-order valence-electron chi connectivity index (χ3n) is 12.2. The van der Waals surface area contributed by atoms with Crippen molar-refractivity contribution >= 4 is 67.8 Å². The fourth-order valence-corrected chi connectivity index (χ4v) is 17.6. The van der Waals surface area contributed by atoms with Crippen LogP contribution >= 0.6 is 31.2 Å². The minimum atomic E-state index is -1.93. The Morgan fingerprint density at radius 1 is 0.353 bits per heavy atom. The summed E-state index contributed by atoms with van der Waals surface area (Å²) in [4.78, 5) is 12.2. The summed E-state index contributed by atoms with van der Waals surface area (Å²) in [5.74, 6) is 0. The Hall–Kier alpha value is -6.98. The number of hydrogen-bond donors (Lipinski definition) is 0. The number of nitrogens with zero attached hydrogens (tertiary/aromatic N) is 3. The number of benzene rings is 10. The van der Waals surface area contributed by atoms with E-state index in [9.17, 15) is 0 Å². The number of thiazole rings is 1. The van der Waals surface area contributed by atoms with Crippen LogP contribution in [0.25, 0.3) is 54.2 Å². The summed E-state index contributed by atoms with van der Waals surface area (Å²) in [7, 11) is 0. The zero-order valence-electron chi connectivity index (χ0n) is 36.8. The Labute approximate surface area is 418 Å². The van der Waals surface area contributed by atoms with Crippen molar-refractivity contribution in [3.63, 3.8) is 0 Å². The van der Waals surface area contributed by atoms with Crippen LogP contribution in [-0.2, 0) is 0 Å². The summed E-state index contributed by atoms with van der Waals surface area (Å²) in [5, 5.41) is 1.04. The van der Waals surface area contributed by atoms with Crippen molar-refractivity contribution in [1.82, 2.24) is 4.98 Å². The second kappa shape index (κ2) is 19.0. The molecule has 11 aromatic rings. The van der Waals surface area contributed by atoms with E-state index in [1.165, 1.54) is 61.6 Å². The van der Waals surface area contributed by atoms with Gasteiger partial charge in [0.05, 0.1) is 10.2 Å². The maximum Gasteiger partial charge on any atom is 0.124 e. The van der Waals surface area contributed by atoms with Crippen LogP contribution in [0.4, 0.5) is 22.7 Å². The molecule has 2 heterocycles. The minimum Gasteiger partial charge on any atom is -0.236 e. The first kappa shape index (κ1) is 42.4. The molecular formula is C62H42I2N3S-. The second-order valence-electron chi connectivity index (χ2n) is 16.4. The first-order valence-corrected chi connectivity index (χ1v) is 28.8. The predicted octanol–water partition coefficient (Wildman–Crippen LogP) is 14.2. The van der Waals surface area contributed by atoms with Gasteiger partial charge in [0.25, 0.3) is 0 Å².